The first-order valence-corrected chi connectivity index (χ1v) is 6.59. The Balaban J connectivity index is 2.17. The molecule has 1 heterocycles. The fourth-order valence-electron chi connectivity index (χ4n) is 1.74. The van der Waals surface area contributed by atoms with E-state index in [4.69, 9.17) is 9.47 Å². The Labute approximate surface area is 118 Å². The fraction of sp³-hybridized carbons (Fsp3) is 0.308. The van der Waals surface area contributed by atoms with Crippen LogP contribution in [0.3, 0.4) is 0 Å². The molecule has 1 amide bonds. The van der Waals surface area contributed by atoms with Crippen molar-refractivity contribution in [2.24, 2.45) is 0 Å². The normalized spacial score (nSPS) is 13.6. The molecule has 1 N–H and O–H groups in total. The lowest BCUT2D eigenvalue weighted by atomic mass is 10.1. The van der Waals surface area contributed by atoms with Crippen molar-refractivity contribution in [3.63, 3.8) is 0 Å². The van der Waals surface area contributed by atoms with Crippen LogP contribution in [0, 0.1) is 5.82 Å². The van der Waals surface area contributed by atoms with Crippen LogP contribution >= 0.6 is 15.9 Å². The molecule has 0 saturated carbocycles. The Hall–Kier alpha value is -1.40. The summed E-state index contributed by atoms with van der Waals surface area (Å²) in [6, 6.07) is 1.59. The Bertz CT molecular complexity index is 531. The summed E-state index contributed by atoms with van der Waals surface area (Å²) in [5.74, 6) is -0.944. The lowest BCUT2D eigenvalue weighted by Crippen LogP contribution is -2.10. The Kier molecular flexibility index (Phi) is 4.55. The zero-order chi connectivity index (χ0) is 13.8. The Morgan fingerprint density at radius 2 is 2.42 bits per heavy atom. The largest absolute Gasteiger partial charge is 0.501 e. The molecule has 0 atom stereocenters. The number of rotatable bonds is 4. The first-order chi connectivity index (χ1) is 9.13. The van der Waals surface area contributed by atoms with E-state index in [-0.39, 0.29) is 5.69 Å². The number of benzene rings is 1. The smallest absolute Gasteiger partial charge is 0.251 e. The van der Waals surface area contributed by atoms with Crippen LogP contribution in [0.5, 0.6) is 0 Å². The summed E-state index contributed by atoms with van der Waals surface area (Å²) in [5.41, 5.74) is 1.79. The van der Waals surface area contributed by atoms with E-state index in [1.807, 2.05) is 0 Å². The minimum atomic E-state index is -0.498. The van der Waals surface area contributed by atoms with Crippen LogP contribution in [-0.2, 0) is 27.5 Å². The van der Waals surface area contributed by atoms with Crippen LogP contribution in [0.15, 0.2) is 22.9 Å². The van der Waals surface area contributed by atoms with Gasteiger partial charge < -0.3 is 14.8 Å². The van der Waals surface area contributed by atoms with E-state index in [9.17, 15) is 9.18 Å². The third kappa shape index (κ3) is 3.13. The first-order valence-electron chi connectivity index (χ1n) is 5.80. The van der Waals surface area contributed by atoms with Crippen molar-refractivity contribution in [2.75, 3.05) is 11.9 Å². The summed E-state index contributed by atoms with van der Waals surface area (Å²) in [4.78, 5) is 11.6. The average molecular weight is 330 g/mol. The topological polar surface area (TPSA) is 47.6 Å². The van der Waals surface area contributed by atoms with Gasteiger partial charge in [0, 0.05) is 11.6 Å². The van der Waals surface area contributed by atoms with Crippen LogP contribution < -0.4 is 5.32 Å². The second kappa shape index (κ2) is 6.16. The van der Waals surface area contributed by atoms with Gasteiger partial charge in [-0.3, -0.25) is 4.79 Å². The molecule has 1 aromatic carbocycles. The number of hydrogen-bond donors (Lipinski definition) is 1. The average Bonchev–Trinajstić information content (AvgIpc) is 2.84. The summed E-state index contributed by atoms with van der Waals surface area (Å²) < 4.78 is 24.5. The van der Waals surface area contributed by atoms with E-state index in [1.54, 1.807) is 13.0 Å². The predicted octanol–water partition coefficient (Wildman–Crippen LogP) is 3.11. The van der Waals surface area contributed by atoms with E-state index in [2.05, 4.69) is 21.2 Å². The van der Waals surface area contributed by atoms with E-state index >= 15 is 0 Å². The first kappa shape index (κ1) is 14.0. The predicted molar refractivity (Wildman–Crippen MR) is 72.0 cm³/mol. The standard InChI is InChI=1S/C13H13BrFNO3/c1-2-18-4-3-11(17)16-10-5-8-6-19-7-9(8)12(14)13(10)15/h3-5H,2,6-7H2,1H3,(H,16,17). The molecule has 4 nitrogen and oxygen atoms in total. The van der Waals surface area contributed by atoms with Gasteiger partial charge in [0.25, 0.3) is 5.91 Å². The molecule has 0 fully saturated rings. The van der Waals surface area contributed by atoms with Crippen molar-refractivity contribution >= 4 is 27.5 Å². The lowest BCUT2D eigenvalue weighted by Gasteiger charge is -2.09. The second-order valence-electron chi connectivity index (χ2n) is 3.93. The van der Waals surface area contributed by atoms with Crippen molar-refractivity contribution in [1.82, 2.24) is 0 Å². The molecule has 1 aliphatic heterocycles. The zero-order valence-electron chi connectivity index (χ0n) is 10.3. The van der Waals surface area contributed by atoms with Crippen LogP contribution in [0.2, 0.25) is 0 Å². The number of fused-ring (bicyclic) bond motifs is 1. The Morgan fingerprint density at radius 1 is 1.63 bits per heavy atom. The number of amides is 1. The highest BCUT2D eigenvalue weighted by Gasteiger charge is 2.21. The van der Waals surface area contributed by atoms with Crippen LogP contribution in [0.4, 0.5) is 10.1 Å². The maximum atomic E-state index is 14.0. The van der Waals surface area contributed by atoms with E-state index in [0.29, 0.717) is 24.3 Å². The molecule has 0 bridgehead atoms. The minimum Gasteiger partial charge on any atom is -0.501 e. The molecule has 0 spiro atoms. The lowest BCUT2D eigenvalue weighted by molar-refractivity contribution is -0.112. The molecule has 0 aliphatic carbocycles. The third-order valence-electron chi connectivity index (χ3n) is 2.64. The van der Waals surface area contributed by atoms with Gasteiger partial charge >= 0.3 is 0 Å². The van der Waals surface area contributed by atoms with Gasteiger partial charge in [-0.15, -0.1) is 0 Å². The van der Waals surface area contributed by atoms with Crippen LogP contribution in [0.25, 0.3) is 0 Å². The molecule has 6 heteroatoms. The van der Waals surface area contributed by atoms with E-state index in [1.165, 1.54) is 12.3 Å². The van der Waals surface area contributed by atoms with Crippen LogP contribution in [-0.4, -0.2) is 12.5 Å². The molecular weight excluding hydrogens is 317 g/mol. The highest BCUT2D eigenvalue weighted by atomic mass is 79.9. The molecule has 0 aromatic heterocycles. The van der Waals surface area contributed by atoms with Gasteiger partial charge in [-0.25, -0.2) is 4.39 Å². The molecule has 1 aromatic rings. The van der Waals surface area contributed by atoms with Crippen molar-refractivity contribution in [1.29, 1.82) is 0 Å². The van der Waals surface area contributed by atoms with Gasteiger partial charge in [0.15, 0.2) is 5.82 Å². The van der Waals surface area contributed by atoms with Gasteiger partial charge in [0.2, 0.25) is 0 Å². The van der Waals surface area contributed by atoms with Gasteiger partial charge in [-0.1, -0.05) is 0 Å². The molecule has 0 radical (unpaired) electrons. The summed E-state index contributed by atoms with van der Waals surface area (Å²) in [6.45, 7) is 3.08. The highest BCUT2D eigenvalue weighted by molar-refractivity contribution is 9.10. The zero-order valence-corrected chi connectivity index (χ0v) is 11.9. The molecule has 1 aliphatic rings. The molecular formula is C13H13BrFNO3. The van der Waals surface area contributed by atoms with Gasteiger partial charge in [-0.05, 0) is 34.5 Å². The monoisotopic (exact) mass is 329 g/mol. The number of anilines is 1. The van der Waals surface area contributed by atoms with Gasteiger partial charge in [0.05, 0.1) is 36.2 Å². The number of carbonyl (C=O) groups is 1. The fourth-order valence-corrected chi connectivity index (χ4v) is 2.32. The third-order valence-corrected chi connectivity index (χ3v) is 3.47. The maximum Gasteiger partial charge on any atom is 0.251 e. The summed E-state index contributed by atoms with van der Waals surface area (Å²) in [7, 11) is 0. The van der Waals surface area contributed by atoms with Crippen molar-refractivity contribution in [2.45, 2.75) is 20.1 Å². The number of hydrogen-bond acceptors (Lipinski definition) is 3. The molecule has 2 rings (SSSR count). The van der Waals surface area contributed by atoms with E-state index < -0.39 is 11.7 Å². The number of ether oxygens (including phenoxy) is 2. The summed E-state index contributed by atoms with van der Waals surface area (Å²) >= 11 is 3.19. The van der Waals surface area contributed by atoms with Gasteiger partial charge in [-0.2, -0.15) is 0 Å². The van der Waals surface area contributed by atoms with Crippen molar-refractivity contribution < 1.29 is 18.7 Å². The van der Waals surface area contributed by atoms with Gasteiger partial charge in [0.1, 0.15) is 0 Å². The SMILES string of the molecule is CCOC=CC(=O)Nc1cc2c(c(Br)c1F)COC2. The maximum absolute atomic E-state index is 14.0. The second-order valence-corrected chi connectivity index (χ2v) is 4.72. The highest BCUT2D eigenvalue weighted by Crippen LogP contribution is 2.34. The quantitative estimate of drug-likeness (QED) is 0.682. The van der Waals surface area contributed by atoms with Crippen molar-refractivity contribution in [3.8, 4) is 0 Å². The van der Waals surface area contributed by atoms with Crippen LogP contribution in [0.1, 0.15) is 18.1 Å². The summed E-state index contributed by atoms with van der Waals surface area (Å²) in [5, 5.41) is 2.47. The number of carbonyl (C=O) groups excluding carboxylic acids is 1. The molecule has 0 unspecified atom stereocenters. The number of halogens is 2. The minimum absolute atomic E-state index is 0.127. The van der Waals surface area contributed by atoms with Crippen molar-refractivity contribution in [3.05, 3.63) is 39.8 Å². The molecule has 102 valence electrons. The summed E-state index contributed by atoms with van der Waals surface area (Å²) in [6.07, 6.45) is 2.49. The Morgan fingerprint density at radius 3 is 3.16 bits per heavy atom. The van der Waals surface area contributed by atoms with E-state index in [0.717, 1.165) is 11.1 Å². The molecule has 19 heavy (non-hydrogen) atoms. The molecule has 0 saturated heterocycles. The number of nitrogens with one attached hydrogen (secondary N) is 1.